The van der Waals surface area contributed by atoms with Crippen LogP contribution in [0.3, 0.4) is 0 Å². The molecule has 5 nitrogen and oxygen atoms in total. The summed E-state index contributed by atoms with van der Waals surface area (Å²) in [5, 5.41) is 2.57. The number of amides is 1. The van der Waals surface area contributed by atoms with Crippen molar-refractivity contribution in [2.45, 2.75) is 11.8 Å². The SMILES string of the molecule is COCC(C)CNC(=O)c1cc(F)c(Br)c(S(=O)(=O)Cl)c1. The molecular formula is C12H14BrClFNO4S. The van der Waals surface area contributed by atoms with Gasteiger partial charge in [-0.1, -0.05) is 6.92 Å². The van der Waals surface area contributed by atoms with Gasteiger partial charge in [0.1, 0.15) is 10.7 Å². The van der Waals surface area contributed by atoms with E-state index in [0.717, 1.165) is 12.1 Å². The summed E-state index contributed by atoms with van der Waals surface area (Å²) in [5.41, 5.74) is -0.125. The second-order valence-corrected chi connectivity index (χ2v) is 7.81. The normalized spacial score (nSPS) is 13.0. The van der Waals surface area contributed by atoms with Crippen LogP contribution in [0.5, 0.6) is 0 Å². The zero-order valence-electron chi connectivity index (χ0n) is 11.3. The first-order chi connectivity index (χ1) is 9.66. The largest absolute Gasteiger partial charge is 0.384 e. The summed E-state index contributed by atoms with van der Waals surface area (Å²) >= 11 is 2.80. The lowest BCUT2D eigenvalue weighted by molar-refractivity contribution is 0.0933. The van der Waals surface area contributed by atoms with Crippen LogP contribution in [0, 0.1) is 11.7 Å². The molecule has 21 heavy (non-hydrogen) atoms. The van der Waals surface area contributed by atoms with Gasteiger partial charge >= 0.3 is 0 Å². The number of carbonyl (C=O) groups excluding carboxylic acids is 1. The van der Waals surface area contributed by atoms with Gasteiger partial charge in [0, 0.05) is 29.9 Å². The van der Waals surface area contributed by atoms with Gasteiger partial charge in [-0.3, -0.25) is 4.79 Å². The fourth-order valence-corrected chi connectivity index (χ4v) is 3.68. The highest BCUT2D eigenvalue weighted by Crippen LogP contribution is 2.29. The third kappa shape index (κ3) is 5.21. The number of ether oxygens (including phenoxy) is 1. The standard InChI is InChI=1S/C12H14BrClFNO4S/c1-7(6-20-2)5-16-12(17)8-3-9(15)11(13)10(4-8)21(14,18)19/h3-4,7H,5-6H2,1-2H3,(H,16,17). The molecule has 0 aliphatic rings. The van der Waals surface area contributed by atoms with Crippen molar-refractivity contribution in [3.05, 3.63) is 28.0 Å². The van der Waals surface area contributed by atoms with Gasteiger partial charge in [0.25, 0.3) is 15.0 Å². The monoisotopic (exact) mass is 401 g/mol. The van der Waals surface area contributed by atoms with E-state index in [1.165, 1.54) is 0 Å². The Bertz CT molecular complexity index is 638. The van der Waals surface area contributed by atoms with Crippen molar-refractivity contribution < 1.29 is 22.3 Å². The summed E-state index contributed by atoms with van der Waals surface area (Å²) in [6, 6.07) is 1.96. The van der Waals surface area contributed by atoms with Crippen molar-refractivity contribution in [1.82, 2.24) is 5.32 Å². The van der Waals surface area contributed by atoms with Crippen LogP contribution in [-0.4, -0.2) is 34.6 Å². The molecule has 1 N–H and O–H groups in total. The molecule has 1 atom stereocenters. The zero-order chi connectivity index (χ0) is 16.2. The molecule has 0 spiro atoms. The highest BCUT2D eigenvalue weighted by atomic mass is 79.9. The van der Waals surface area contributed by atoms with Gasteiger partial charge < -0.3 is 10.1 Å². The molecule has 1 rings (SSSR count). The third-order valence-electron chi connectivity index (χ3n) is 2.58. The molecule has 0 fully saturated rings. The van der Waals surface area contributed by atoms with Crippen LogP contribution in [0.1, 0.15) is 17.3 Å². The number of halogens is 3. The maximum absolute atomic E-state index is 13.7. The smallest absolute Gasteiger partial charge is 0.262 e. The molecule has 0 aliphatic carbocycles. The van der Waals surface area contributed by atoms with E-state index in [4.69, 9.17) is 15.4 Å². The minimum atomic E-state index is -4.17. The van der Waals surface area contributed by atoms with Gasteiger partial charge in [-0.05, 0) is 34.0 Å². The number of hydrogen-bond donors (Lipinski definition) is 1. The Morgan fingerprint density at radius 2 is 2.14 bits per heavy atom. The molecule has 0 aliphatic heterocycles. The van der Waals surface area contributed by atoms with Crippen LogP contribution < -0.4 is 5.32 Å². The van der Waals surface area contributed by atoms with Gasteiger partial charge in [-0.2, -0.15) is 0 Å². The van der Waals surface area contributed by atoms with Crippen LogP contribution in [0.4, 0.5) is 4.39 Å². The number of hydrogen-bond acceptors (Lipinski definition) is 4. The summed E-state index contributed by atoms with van der Waals surface area (Å²) in [4.78, 5) is 11.4. The number of rotatable bonds is 6. The lowest BCUT2D eigenvalue weighted by Gasteiger charge is -2.12. The van der Waals surface area contributed by atoms with Crippen molar-refractivity contribution in [3.63, 3.8) is 0 Å². The Balaban J connectivity index is 2.99. The van der Waals surface area contributed by atoms with Crippen molar-refractivity contribution in [2.24, 2.45) is 5.92 Å². The van der Waals surface area contributed by atoms with Crippen LogP contribution in [0.15, 0.2) is 21.5 Å². The van der Waals surface area contributed by atoms with Gasteiger partial charge in [0.2, 0.25) is 0 Å². The number of nitrogens with one attached hydrogen (secondary N) is 1. The first-order valence-corrected chi connectivity index (χ1v) is 8.98. The second kappa shape index (κ2) is 7.53. The van der Waals surface area contributed by atoms with Gasteiger partial charge in [-0.25, -0.2) is 12.8 Å². The molecule has 0 heterocycles. The molecule has 1 aromatic rings. The predicted molar refractivity (Wildman–Crippen MR) is 80.5 cm³/mol. The van der Waals surface area contributed by atoms with Crippen LogP contribution in [0.2, 0.25) is 0 Å². The van der Waals surface area contributed by atoms with Gasteiger partial charge in [0.15, 0.2) is 0 Å². The van der Waals surface area contributed by atoms with E-state index in [1.807, 2.05) is 6.92 Å². The van der Waals surface area contributed by atoms with Crippen molar-refractivity contribution >= 4 is 41.6 Å². The third-order valence-corrected chi connectivity index (χ3v) is 5.00. The Morgan fingerprint density at radius 3 is 2.67 bits per heavy atom. The molecule has 118 valence electrons. The summed E-state index contributed by atoms with van der Waals surface area (Å²) in [6.07, 6.45) is 0. The van der Waals surface area contributed by atoms with Crippen LogP contribution >= 0.6 is 26.6 Å². The highest BCUT2D eigenvalue weighted by Gasteiger charge is 2.21. The molecule has 0 saturated carbocycles. The summed E-state index contributed by atoms with van der Waals surface area (Å²) < 4.78 is 41.0. The molecule has 9 heteroatoms. The maximum Gasteiger partial charge on any atom is 0.262 e. The molecule has 0 saturated heterocycles. The molecule has 1 aromatic carbocycles. The van der Waals surface area contributed by atoms with E-state index < -0.39 is 25.7 Å². The maximum atomic E-state index is 13.7. The number of methoxy groups -OCH3 is 1. The summed E-state index contributed by atoms with van der Waals surface area (Å²) in [7, 11) is 2.58. The first-order valence-electron chi connectivity index (χ1n) is 5.87. The predicted octanol–water partition coefficient (Wildman–Crippen LogP) is 2.53. The van der Waals surface area contributed by atoms with E-state index >= 15 is 0 Å². The fraction of sp³-hybridized carbons (Fsp3) is 0.417. The summed E-state index contributed by atoms with van der Waals surface area (Å²) in [5.74, 6) is -1.41. The van der Waals surface area contributed by atoms with Crippen molar-refractivity contribution in [2.75, 3.05) is 20.3 Å². The minimum absolute atomic E-state index is 0.0653. The molecule has 0 bridgehead atoms. The fourth-order valence-electron chi connectivity index (χ4n) is 1.58. The van der Waals surface area contributed by atoms with E-state index in [9.17, 15) is 17.6 Å². The van der Waals surface area contributed by atoms with E-state index in [2.05, 4.69) is 21.2 Å². The van der Waals surface area contributed by atoms with Crippen molar-refractivity contribution in [3.8, 4) is 0 Å². The lowest BCUT2D eigenvalue weighted by Crippen LogP contribution is -2.30. The quantitative estimate of drug-likeness (QED) is 0.742. The van der Waals surface area contributed by atoms with Crippen LogP contribution in [-0.2, 0) is 13.8 Å². The van der Waals surface area contributed by atoms with E-state index in [1.54, 1.807) is 7.11 Å². The Kier molecular flexibility index (Phi) is 6.58. The average Bonchev–Trinajstić information content (AvgIpc) is 2.38. The highest BCUT2D eigenvalue weighted by molar-refractivity contribution is 9.10. The topological polar surface area (TPSA) is 72.5 Å². The molecule has 1 unspecified atom stereocenters. The van der Waals surface area contributed by atoms with Crippen molar-refractivity contribution in [1.29, 1.82) is 0 Å². The number of benzene rings is 1. The Morgan fingerprint density at radius 1 is 1.52 bits per heavy atom. The Hall–Kier alpha value is -0.700. The van der Waals surface area contributed by atoms with E-state index in [-0.39, 0.29) is 16.0 Å². The number of carbonyl (C=O) groups is 1. The van der Waals surface area contributed by atoms with Gasteiger partial charge in [-0.15, -0.1) is 0 Å². The first kappa shape index (κ1) is 18.3. The molecule has 1 amide bonds. The molecular weight excluding hydrogens is 389 g/mol. The Labute approximate surface area is 135 Å². The molecule has 0 radical (unpaired) electrons. The average molecular weight is 403 g/mol. The molecule has 0 aromatic heterocycles. The minimum Gasteiger partial charge on any atom is -0.384 e. The second-order valence-electron chi connectivity index (χ2n) is 4.48. The lowest BCUT2D eigenvalue weighted by atomic mass is 10.1. The van der Waals surface area contributed by atoms with E-state index in [0.29, 0.717) is 13.2 Å². The summed E-state index contributed by atoms with van der Waals surface area (Å²) in [6.45, 7) is 2.63. The zero-order valence-corrected chi connectivity index (χ0v) is 14.5. The van der Waals surface area contributed by atoms with Gasteiger partial charge in [0.05, 0.1) is 11.1 Å². The van der Waals surface area contributed by atoms with Crippen LogP contribution in [0.25, 0.3) is 0 Å².